The van der Waals surface area contributed by atoms with E-state index in [4.69, 9.17) is 4.74 Å². The van der Waals surface area contributed by atoms with Crippen molar-refractivity contribution < 1.29 is 14.3 Å². The number of rotatable bonds is 7. The smallest absolute Gasteiger partial charge is 0.255 e. The Balaban J connectivity index is 1.65. The first kappa shape index (κ1) is 22.0. The van der Waals surface area contributed by atoms with Crippen LogP contribution in [0.5, 0.6) is 5.75 Å². The largest absolute Gasteiger partial charge is 0.492 e. The van der Waals surface area contributed by atoms with Gasteiger partial charge in [0.25, 0.3) is 5.91 Å². The summed E-state index contributed by atoms with van der Waals surface area (Å²) in [6, 6.07) is 15.6. The van der Waals surface area contributed by atoms with Crippen LogP contribution in [0.1, 0.15) is 17.3 Å². The third kappa shape index (κ3) is 5.27. The molecule has 1 aliphatic heterocycles. The molecule has 0 saturated carbocycles. The van der Waals surface area contributed by atoms with Crippen LogP contribution >= 0.6 is 11.8 Å². The summed E-state index contributed by atoms with van der Waals surface area (Å²) in [5, 5.41) is 0. The number of hydrogen-bond acceptors (Lipinski definition) is 5. The summed E-state index contributed by atoms with van der Waals surface area (Å²) in [7, 11) is 3.48. The minimum Gasteiger partial charge on any atom is -0.492 e. The lowest BCUT2D eigenvalue weighted by molar-refractivity contribution is -0.125. The maximum atomic E-state index is 13.2. The average Bonchev–Trinajstić information content (AvgIpc) is 2.78. The molecule has 1 heterocycles. The van der Waals surface area contributed by atoms with E-state index in [9.17, 15) is 9.59 Å². The molecule has 7 heteroatoms. The topological polar surface area (TPSA) is 53.1 Å². The van der Waals surface area contributed by atoms with Gasteiger partial charge in [0.1, 0.15) is 5.75 Å². The molecule has 0 aromatic heterocycles. The van der Waals surface area contributed by atoms with Gasteiger partial charge in [0.05, 0.1) is 23.6 Å². The van der Waals surface area contributed by atoms with Crippen LogP contribution in [-0.4, -0.2) is 74.2 Å². The van der Waals surface area contributed by atoms with Crippen molar-refractivity contribution in [2.45, 2.75) is 11.8 Å². The van der Waals surface area contributed by atoms with Gasteiger partial charge in [-0.05, 0) is 31.2 Å². The summed E-state index contributed by atoms with van der Waals surface area (Å²) >= 11 is 1.41. The quantitative estimate of drug-likeness (QED) is 0.635. The molecule has 0 spiro atoms. The number of ether oxygens (including phenoxy) is 1. The van der Waals surface area contributed by atoms with Gasteiger partial charge in [-0.25, -0.2) is 0 Å². The van der Waals surface area contributed by atoms with Gasteiger partial charge in [-0.3, -0.25) is 9.59 Å². The van der Waals surface area contributed by atoms with E-state index in [-0.39, 0.29) is 11.8 Å². The van der Waals surface area contributed by atoms with Gasteiger partial charge in [0.2, 0.25) is 5.91 Å². The molecule has 0 unspecified atom stereocenters. The van der Waals surface area contributed by atoms with E-state index in [2.05, 4.69) is 11.0 Å². The predicted octanol–water partition coefficient (Wildman–Crippen LogP) is 3.23. The Morgan fingerprint density at radius 1 is 1.00 bits per heavy atom. The third-order valence-electron chi connectivity index (χ3n) is 5.04. The van der Waals surface area contributed by atoms with E-state index in [0.717, 1.165) is 29.4 Å². The monoisotopic (exact) mass is 427 g/mol. The zero-order valence-corrected chi connectivity index (χ0v) is 18.7. The van der Waals surface area contributed by atoms with Crippen LogP contribution in [0.2, 0.25) is 0 Å². The summed E-state index contributed by atoms with van der Waals surface area (Å²) in [5.74, 6) is 1.25. The highest BCUT2D eigenvalue weighted by molar-refractivity contribution is 8.00. The first-order chi connectivity index (χ1) is 14.5. The summed E-state index contributed by atoms with van der Waals surface area (Å²) in [4.78, 5) is 31.7. The van der Waals surface area contributed by atoms with Crippen LogP contribution in [0, 0.1) is 0 Å². The molecule has 2 aromatic rings. The molecule has 1 fully saturated rings. The Morgan fingerprint density at radius 2 is 1.67 bits per heavy atom. The molecule has 1 saturated heterocycles. The van der Waals surface area contributed by atoms with Crippen molar-refractivity contribution in [3.05, 3.63) is 54.1 Å². The zero-order chi connectivity index (χ0) is 21.5. The minimum atomic E-state index is 0.0214. The van der Waals surface area contributed by atoms with E-state index in [1.165, 1.54) is 11.8 Å². The SMILES string of the molecule is CCOc1ccccc1N1CCN(C(=O)c2ccccc2SCC(=O)N(C)C)CC1. The average molecular weight is 428 g/mol. The second-order valence-electron chi connectivity index (χ2n) is 7.25. The fourth-order valence-corrected chi connectivity index (χ4v) is 4.38. The van der Waals surface area contributed by atoms with Gasteiger partial charge in [-0.2, -0.15) is 0 Å². The van der Waals surface area contributed by atoms with Crippen LogP contribution in [0.4, 0.5) is 5.69 Å². The number of para-hydroxylation sites is 2. The molecule has 3 rings (SSSR count). The fourth-order valence-electron chi connectivity index (χ4n) is 3.35. The van der Waals surface area contributed by atoms with E-state index in [1.807, 2.05) is 54.3 Å². The highest BCUT2D eigenvalue weighted by Gasteiger charge is 2.25. The van der Waals surface area contributed by atoms with Gasteiger partial charge < -0.3 is 19.4 Å². The van der Waals surface area contributed by atoms with Gasteiger partial charge >= 0.3 is 0 Å². The molecule has 2 aromatic carbocycles. The highest BCUT2D eigenvalue weighted by Crippen LogP contribution is 2.30. The molecular formula is C23H29N3O3S. The number of carbonyl (C=O) groups is 2. The van der Waals surface area contributed by atoms with Crippen molar-refractivity contribution in [2.24, 2.45) is 0 Å². The Labute approximate surface area is 182 Å². The summed E-state index contributed by atoms with van der Waals surface area (Å²) in [6.45, 7) is 5.41. The van der Waals surface area contributed by atoms with Crippen LogP contribution < -0.4 is 9.64 Å². The minimum absolute atomic E-state index is 0.0214. The standard InChI is InChI=1S/C23H29N3O3S/c1-4-29-20-11-7-6-10-19(20)25-13-15-26(16-14-25)23(28)18-9-5-8-12-21(18)30-17-22(27)24(2)3/h5-12H,4,13-17H2,1-3H3. The number of piperazine rings is 1. The lowest BCUT2D eigenvalue weighted by Gasteiger charge is -2.37. The van der Waals surface area contributed by atoms with Gasteiger partial charge in [0, 0.05) is 45.2 Å². The van der Waals surface area contributed by atoms with Crippen molar-refractivity contribution >= 4 is 29.3 Å². The Morgan fingerprint density at radius 3 is 2.37 bits per heavy atom. The van der Waals surface area contributed by atoms with Crippen molar-refractivity contribution in [2.75, 3.05) is 57.5 Å². The van der Waals surface area contributed by atoms with Crippen molar-refractivity contribution in [3.63, 3.8) is 0 Å². The van der Waals surface area contributed by atoms with E-state index < -0.39 is 0 Å². The number of anilines is 1. The van der Waals surface area contributed by atoms with Crippen LogP contribution in [0.25, 0.3) is 0 Å². The van der Waals surface area contributed by atoms with Crippen LogP contribution in [-0.2, 0) is 4.79 Å². The van der Waals surface area contributed by atoms with E-state index in [1.54, 1.807) is 19.0 Å². The maximum absolute atomic E-state index is 13.2. The molecule has 0 N–H and O–H groups in total. The molecule has 6 nitrogen and oxygen atoms in total. The molecular weight excluding hydrogens is 398 g/mol. The summed E-state index contributed by atoms with van der Waals surface area (Å²) < 4.78 is 5.76. The zero-order valence-electron chi connectivity index (χ0n) is 17.8. The van der Waals surface area contributed by atoms with Gasteiger partial charge in [0.15, 0.2) is 0 Å². The Kier molecular flexibility index (Phi) is 7.63. The lowest BCUT2D eigenvalue weighted by Crippen LogP contribution is -2.49. The van der Waals surface area contributed by atoms with Gasteiger partial charge in [-0.1, -0.05) is 24.3 Å². The molecule has 0 atom stereocenters. The van der Waals surface area contributed by atoms with E-state index >= 15 is 0 Å². The highest BCUT2D eigenvalue weighted by atomic mass is 32.2. The Hall–Kier alpha value is -2.67. The summed E-state index contributed by atoms with van der Waals surface area (Å²) in [5.41, 5.74) is 1.74. The molecule has 2 amide bonds. The second-order valence-corrected chi connectivity index (χ2v) is 8.27. The van der Waals surface area contributed by atoms with E-state index in [0.29, 0.717) is 31.0 Å². The summed E-state index contributed by atoms with van der Waals surface area (Å²) in [6.07, 6.45) is 0. The number of amides is 2. The predicted molar refractivity (Wildman–Crippen MR) is 122 cm³/mol. The molecule has 1 aliphatic rings. The lowest BCUT2D eigenvalue weighted by atomic mass is 10.1. The van der Waals surface area contributed by atoms with Crippen molar-refractivity contribution in [1.29, 1.82) is 0 Å². The first-order valence-corrected chi connectivity index (χ1v) is 11.2. The number of nitrogens with zero attached hydrogens (tertiary/aromatic N) is 3. The Bertz CT molecular complexity index is 880. The molecule has 0 bridgehead atoms. The van der Waals surface area contributed by atoms with Crippen molar-refractivity contribution in [1.82, 2.24) is 9.80 Å². The van der Waals surface area contributed by atoms with Gasteiger partial charge in [-0.15, -0.1) is 11.8 Å². The van der Waals surface area contributed by atoms with Crippen molar-refractivity contribution in [3.8, 4) is 5.75 Å². The molecule has 160 valence electrons. The van der Waals surface area contributed by atoms with Crippen LogP contribution in [0.15, 0.2) is 53.4 Å². The number of benzene rings is 2. The molecule has 0 radical (unpaired) electrons. The number of carbonyl (C=O) groups excluding carboxylic acids is 2. The second kappa shape index (κ2) is 10.4. The molecule has 0 aliphatic carbocycles. The van der Waals surface area contributed by atoms with Crippen LogP contribution in [0.3, 0.4) is 0 Å². The first-order valence-electron chi connectivity index (χ1n) is 10.2. The fraction of sp³-hybridized carbons (Fsp3) is 0.391. The number of hydrogen-bond donors (Lipinski definition) is 0. The maximum Gasteiger partial charge on any atom is 0.255 e. The number of thioether (sulfide) groups is 1. The normalized spacial score (nSPS) is 13.8. The third-order valence-corrected chi connectivity index (χ3v) is 6.10. The molecule has 30 heavy (non-hydrogen) atoms.